The Bertz CT molecular complexity index is 1720. The standard InChI is InChI=1S/C17H14N2O5.C14H16ClN3/c20-17(24-14-7-5-13(6-8-14)19(21)22)23-10-9-12-11-18-16-4-2-1-3-15(12)16;15-9-5-6-11-13(7-9)18-12-4-2-1-3-10(12)14(11)17-8-16/h1-8,11,18H,9-10H2;5-7H,1-4,8,16H2,(H,17,18). The number of nitrogens with zero attached hydrogens (tertiary/aromatic N) is 2. The van der Waals surface area contributed by atoms with E-state index < -0.39 is 11.1 Å². The van der Waals surface area contributed by atoms with Gasteiger partial charge in [-0.2, -0.15) is 0 Å². The van der Waals surface area contributed by atoms with Crippen molar-refractivity contribution in [1.82, 2.24) is 9.97 Å². The third-order valence-electron chi connectivity index (χ3n) is 7.02. The fourth-order valence-electron chi connectivity index (χ4n) is 5.05. The quantitative estimate of drug-likeness (QED) is 0.0611. The van der Waals surface area contributed by atoms with E-state index in [-0.39, 0.29) is 18.0 Å². The zero-order valence-corrected chi connectivity index (χ0v) is 23.5. The van der Waals surface area contributed by atoms with Crippen molar-refractivity contribution < 1.29 is 19.2 Å². The second-order valence-corrected chi connectivity index (χ2v) is 10.2. The van der Waals surface area contributed by atoms with Crippen LogP contribution in [0.5, 0.6) is 5.75 Å². The largest absolute Gasteiger partial charge is 0.513 e. The van der Waals surface area contributed by atoms with Crippen LogP contribution in [0.15, 0.2) is 72.9 Å². The molecule has 0 saturated carbocycles. The topological polar surface area (TPSA) is 145 Å². The summed E-state index contributed by atoms with van der Waals surface area (Å²) in [6.07, 6.45) is 6.18. The molecule has 0 unspecified atom stereocenters. The Morgan fingerprint density at radius 3 is 2.64 bits per heavy atom. The number of pyridine rings is 1. The molecule has 0 amide bonds. The first kappa shape index (κ1) is 28.8. The Labute approximate surface area is 246 Å². The van der Waals surface area contributed by atoms with Crippen molar-refractivity contribution in [2.45, 2.75) is 32.1 Å². The number of hydrogen-bond donors (Lipinski definition) is 3. The van der Waals surface area contributed by atoms with Gasteiger partial charge in [-0.25, -0.2) is 4.79 Å². The van der Waals surface area contributed by atoms with Crippen molar-refractivity contribution in [1.29, 1.82) is 0 Å². The maximum absolute atomic E-state index is 11.6. The molecule has 5 aromatic rings. The fourth-order valence-corrected chi connectivity index (χ4v) is 5.21. The normalized spacial score (nSPS) is 12.2. The van der Waals surface area contributed by atoms with Gasteiger partial charge in [-0.05, 0) is 73.2 Å². The number of benzene rings is 3. The molecule has 0 spiro atoms. The minimum atomic E-state index is -0.844. The van der Waals surface area contributed by atoms with Gasteiger partial charge in [0.05, 0.1) is 23.7 Å². The molecular formula is C31H30ClN5O5. The highest BCUT2D eigenvalue weighted by Crippen LogP contribution is 2.34. The van der Waals surface area contributed by atoms with Crippen LogP contribution >= 0.6 is 11.6 Å². The molecular weight excluding hydrogens is 558 g/mol. The van der Waals surface area contributed by atoms with Crippen LogP contribution in [0.2, 0.25) is 5.02 Å². The van der Waals surface area contributed by atoms with Crippen LogP contribution in [0, 0.1) is 10.1 Å². The van der Waals surface area contributed by atoms with Crippen LogP contribution in [0.1, 0.15) is 29.7 Å². The van der Waals surface area contributed by atoms with E-state index in [0.717, 1.165) is 50.9 Å². The van der Waals surface area contributed by atoms with Crippen LogP contribution < -0.4 is 15.8 Å². The van der Waals surface area contributed by atoms with Crippen LogP contribution in [-0.2, 0) is 24.0 Å². The lowest BCUT2D eigenvalue weighted by Gasteiger charge is -2.21. The lowest BCUT2D eigenvalue weighted by Crippen LogP contribution is -2.16. The van der Waals surface area contributed by atoms with E-state index in [2.05, 4.69) is 10.3 Å². The summed E-state index contributed by atoms with van der Waals surface area (Å²) >= 11 is 6.05. The van der Waals surface area contributed by atoms with Crippen LogP contribution in [-0.4, -0.2) is 34.3 Å². The van der Waals surface area contributed by atoms with Crippen molar-refractivity contribution in [2.75, 3.05) is 18.6 Å². The summed E-state index contributed by atoms with van der Waals surface area (Å²) in [7, 11) is 0. The number of rotatable bonds is 7. The number of nitrogens with one attached hydrogen (secondary N) is 2. The minimum Gasteiger partial charge on any atom is -0.434 e. The number of halogens is 1. The molecule has 0 aliphatic heterocycles. The Morgan fingerprint density at radius 2 is 1.86 bits per heavy atom. The Balaban J connectivity index is 0.000000175. The number of aromatic nitrogens is 2. The number of hydrogen-bond acceptors (Lipinski definition) is 8. The molecule has 1 aliphatic rings. The van der Waals surface area contributed by atoms with E-state index in [4.69, 9.17) is 31.8 Å². The highest BCUT2D eigenvalue weighted by atomic mass is 35.5. The summed E-state index contributed by atoms with van der Waals surface area (Å²) in [6.45, 7) is 0.613. The Morgan fingerprint density at radius 1 is 1.07 bits per heavy atom. The van der Waals surface area contributed by atoms with Gasteiger partial charge < -0.3 is 25.5 Å². The lowest BCUT2D eigenvalue weighted by molar-refractivity contribution is -0.384. The van der Waals surface area contributed by atoms with Crippen molar-refractivity contribution in [3.63, 3.8) is 0 Å². The molecule has 0 bridgehead atoms. The lowest BCUT2D eigenvalue weighted by atomic mass is 9.93. The van der Waals surface area contributed by atoms with E-state index in [9.17, 15) is 14.9 Å². The first-order valence-corrected chi connectivity index (χ1v) is 14.0. The highest BCUT2D eigenvalue weighted by Gasteiger charge is 2.18. The number of nitro benzene ring substituents is 1. The molecule has 2 heterocycles. The summed E-state index contributed by atoms with van der Waals surface area (Å²) < 4.78 is 10.0. The molecule has 1 aliphatic carbocycles. The predicted octanol–water partition coefficient (Wildman–Crippen LogP) is 6.93. The smallest absolute Gasteiger partial charge is 0.434 e. The molecule has 4 N–H and O–H groups in total. The number of carbonyl (C=O) groups is 1. The van der Waals surface area contributed by atoms with Gasteiger partial charge in [0, 0.05) is 57.4 Å². The minimum absolute atomic E-state index is 0.0740. The van der Waals surface area contributed by atoms with Crippen LogP contribution in [0.25, 0.3) is 21.8 Å². The van der Waals surface area contributed by atoms with Crippen molar-refractivity contribution in [3.05, 3.63) is 105 Å². The zero-order valence-electron chi connectivity index (χ0n) is 22.8. The number of carbonyl (C=O) groups excluding carboxylic acids is 1. The average molecular weight is 588 g/mol. The van der Waals surface area contributed by atoms with E-state index in [0.29, 0.717) is 13.1 Å². The number of nitro groups is 1. The third kappa shape index (κ3) is 6.79. The molecule has 42 heavy (non-hydrogen) atoms. The molecule has 0 fully saturated rings. The number of ether oxygens (including phenoxy) is 2. The third-order valence-corrected chi connectivity index (χ3v) is 7.25. The number of fused-ring (bicyclic) bond motifs is 3. The van der Waals surface area contributed by atoms with Gasteiger partial charge in [-0.1, -0.05) is 29.8 Å². The predicted molar refractivity (Wildman–Crippen MR) is 163 cm³/mol. The van der Waals surface area contributed by atoms with Gasteiger partial charge in [-0.3, -0.25) is 15.1 Å². The van der Waals surface area contributed by atoms with Crippen LogP contribution in [0.4, 0.5) is 16.2 Å². The Hall–Kier alpha value is -4.67. The molecule has 3 aromatic carbocycles. The summed E-state index contributed by atoms with van der Waals surface area (Å²) in [5.74, 6) is 0.192. The van der Waals surface area contributed by atoms with Gasteiger partial charge in [0.25, 0.3) is 5.69 Å². The van der Waals surface area contributed by atoms with E-state index in [1.165, 1.54) is 48.4 Å². The first-order chi connectivity index (χ1) is 20.4. The average Bonchev–Trinajstić information content (AvgIpc) is 3.40. The number of para-hydroxylation sites is 1. The monoisotopic (exact) mass is 587 g/mol. The second-order valence-electron chi connectivity index (χ2n) is 9.72. The van der Waals surface area contributed by atoms with Gasteiger partial charge in [0.15, 0.2) is 0 Å². The molecule has 216 valence electrons. The van der Waals surface area contributed by atoms with E-state index >= 15 is 0 Å². The van der Waals surface area contributed by atoms with E-state index in [1.54, 1.807) is 0 Å². The maximum Gasteiger partial charge on any atom is 0.513 e. The summed E-state index contributed by atoms with van der Waals surface area (Å²) in [6, 6.07) is 18.9. The maximum atomic E-state index is 11.6. The SMILES string of the molecule is NCNc1c2c(nc3cc(Cl)ccc13)CCCC2.O=C(OCCc1c[nH]c2ccccc12)Oc1ccc([N+](=O)[O-])cc1. The molecule has 0 saturated heterocycles. The van der Waals surface area contributed by atoms with Gasteiger partial charge in [0.2, 0.25) is 0 Å². The van der Waals surface area contributed by atoms with Crippen molar-refractivity contribution >= 4 is 50.9 Å². The summed E-state index contributed by atoms with van der Waals surface area (Å²) in [5.41, 5.74) is 12.3. The zero-order chi connectivity index (χ0) is 29.5. The summed E-state index contributed by atoms with van der Waals surface area (Å²) in [4.78, 5) is 29.6. The molecule has 2 aromatic heterocycles. The summed E-state index contributed by atoms with van der Waals surface area (Å²) in [5, 5.41) is 16.8. The second kappa shape index (κ2) is 13.3. The number of aryl methyl sites for hydroxylation is 1. The van der Waals surface area contributed by atoms with Gasteiger partial charge >= 0.3 is 6.16 Å². The number of nitrogens with two attached hydrogens (primary N) is 1. The highest BCUT2D eigenvalue weighted by molar-refractivity contribution is 6.31. The van der Waals surface area contributed by atoms with Crippen molar-refractivity contribution in [3.8, 4) is 5.75 Å². The molecule has 6 rings (SSSR count). The molecule has 0 radical (unpaired) electrons. The van der Waals surface area contributed by atoms with E-state index in [1.807, 2.05) is 48.7 Å². The molecule has 0 atom stereocenters. The fraction of sp³-hybridized carbons (Fsp3) is 0.226. The van der Waals surface area contributed by atoms with Crippen LogP contribution in [0.3, 0.4) is 0 Å². The van der Waals surface area contributed by atoms with Gasteiger partial charge in [0.1, 0.15) is 5.75 Å². The number of aromatic amines is 1. The number of non-ortho nitro benzene ring substituents is 1. The molecule has 11 heteroatoms. The number of anilines is 1. The molecule has 10 nitrogen and oxygen atoms in total. The Kier molecular flexibility index (Phi) is 9.15. The van der Waals surface area contributed by atoms with Gasteiger partial charge in [-0.15, -0.1) is 0 Å². The number of H-pyrrole nitrogens is 1. The first-order valence-electron chi connectivity index (χ1n) is 13.6. The van der Waals surface area contributed by atoms with Crippen molar-refractivity contribution in [2.24, 2.45) is 5.73 Å².